The lowest BCUT2D eigenvalue weighted by atomic mass is 10.1. The SMILES string of the molecule is Cc1cc(C(=O)N2CCSCC2CC(=O)O)sc1-c1ccc(F)cc1. The molecule has 25 heavy (non-hydrogen) atoms. The normalized spacial score (nSPS) is 17.5. The molecule has 1 atom stereocenters. The third-order valence-electron chi connectivity index (χ3n) is 4.13. The highest BCUT2D eigenvalue weighted by Crippen LogP contribution is 2.34. The van der Waals surface area contributed by atoms with Crippen LogP contribution in [0.3, 0.4) is 0 Å². The van der Waals surface area contributed by atoms with Crippen LogP contribution in [0.2, 0.25) is 0 Å². The standard InChI is InChI=1S/C18H18FNO3S2/c1-11-8-15(25-17(11)12-2-4-13(19)5-3-12)18(23)20-6-7-24-10-14(20)9-16(21)22/h2-5,8,14H,6-7,9-10H2,1H3,(H,21,22). The predicted molar refractivity (Wildman–Crippen MR) is 98.9 cm³/mol. The summed E-state index contributed by atoms with van der Waals surface area (Å²) in [6, 6.07) is 7.77. The summed E-state index contributed by atoms with van der Waals surface area (Å²) in [4.78, 5) is 27.2. The molecular formula is C18H18FNO3S2. The summed E-state index contributed by atoms with van der Waals surface area (Å²) in [7, 11) is 0. The van der Waals surface area contributed by atoms with Crippen LogP contribution in [-0.4, -0.2) is 46.0 Å². The van der Waals surface area contributed by atoms with Crippen molar-refractivity contribution in [1.82, 2.24) is 4.90 Å². The van der Waals surface area contributed by atoms with Gasteiger partial charge in [0.1, 0.15) is 5.82 Å². The average Bonchev–Trinajstić information content (AvgIpc) is 2.97. The summed E-state index contributed by atoms with van der Waals surface area (Å²) in [5.74, 6) is 0.161. The highest BCUT2D eigenvalue weighted by Gasteiger charge is 2.30. The second-order valence-corrected chi connectivity index (χ2v) is 8.16. The highest BCUT2D eigenvalue weighted by molar-refractivity contribution is 7.99. The Morgan fingerprint density at radius 2 is 2.04 bits per heavy atom. The summed E-state index contributed by atoms with van der Waals surface area (Å²) in [5.41, 5.74) is 1.83. The molecule has 1 unspecified atom stereocenters. The van der Waals surface area contributed by atoms with Gasteiger partial charge < -0.3 is 10.0 Å². The quantitative estimate of drug-likeness (QED) is 0.875. The molecule has 1 aliphatic rings. The zero-order valence-electron chi connectivity index (χ0n) is 13.7. The van der Waals surface area contributed by atoms with Crippen molar-refractivity contribution in [2.24, 2.45) is 0 Å². The third kappa shape index (κ3) is 4.04. The van der Waals surface area contributed by atoms with Gasteiger partial charge in [-0.2, -0.15) is 11.8 Å². The Labute approximate surface area is 153 Å². The fraction of sp³-hybridized carbons (Fsp3) is 0.333. The summed E-state index contributed by atoms with van der Waals surface area (Å²) < 4.78 is 13.1. The Morgan fingerprint density at radius 1 is 1.32 bits per heavy atom. The maximum atomic E-state index is 13.1. The molecule has 1 aromatic carbocycles. The van der Waals surface area contributed by atoms with E-state index in [1.165, 1.54) is 23.5 Å². The van der Waals surface area contributed by atoms with Crippen LogP contribution < -0.4 is 0 Å². The minimum absolute atomic E-state index is 0.0338. The van der Waals surface area contributed by atoms with Crippen LogP contribution in [0.25, 0.3) is 10.4 Å². The van der Waals surface area contributed by atoms with Crippen molar-refractivity contribution >= 4 is 35.0 Å². The van der Waals surface area contributed by atoms with Crippen LogP contribution in [0.5, 0.6) is 0 Å². The van der Waals surface area contributed by atoms with Crippen molar-refractivity contribution in [3.05, 3.63) is 46.6 Å². The zero-order chi connectivity index (χ0) is 18.0. The fourth-order valence-corrected chi connectivity index (χ4v) is 5.11. The van der Waals surface area contributed by atoms with Crippen LogP contribution >= 0.6 is 23.1 Å². The van der Waals surface area contributed by atoms with E-state index < -0.39 is 5.97 Å². The van der Waals surface area contributed by atoms with Crippen molar-refractivity contribution in [2.45, 2.75) is 19.4 Å². The first-order chi connectivity index (χ1) is 12.0. The topological polar surface area (TPSA) is 57.6 Å². The third-order valence-corrected chi connectivity index (χ3v) is 6.50. The van der Waals surface area contributed by atoms with Gasteiger partial charge in [0, 0.05) is 22.9 Å². The van der Waals surface area contributed by atoms with E-state index in [0.717, 1.165) is 21.8 Å². The lowest BCUT2D eigenvalue weighted by molar-refractivity contribution is -0.138. The van der Waals surface area contributed by atoms with Crippen LogP contribution in [0.1, 0.15) is 21.7 Å². The van der Waals surface area contributed by atoms with Gasteiger partial charge in [-0.1, -0.05) is 12.1 Å². The molecule has 4 nitrogen and oxygen atoms in total. The number of hydrogen-bond acceptors (Lipinski definition) is 4. The van der Waals surface area contributed by atoms with Gasteiger partial charge in [-0.25, -0.2) is 4.39 Å². The molecule has 3 rings (SSSR count). The van der Waals surface area contributed by atoms with E-state index >= 15 is 0 Å². The molecule has 0 radical (unpaired) electrons. The first-order valence-corrected chi connectivity index (χ1v) is 9.89. The lowest BCUT2D eigenvalue weighted by Crippen LogP contribution is -2.46. The molecule has 2 aromatic rings. The number of aliphatic carboxylic acids is 1. The fourth-order valence-electron chi connectivity index (χ4n) is 2.91. The molecule has 1 aliphatic heterocycles. The van der Waals surface area contributed by atoms with E-state index in [1.54, 1.807) is 28.8 Å². The number of rotatable bonds is 4. The Bertz CT molecular complexity index is 788. The lowest BCUT2D eigenvalue weighted by Gasteiger charge is -2.34. The van der Waals surface area contributed by atoms with E-state index in [-0.39, 0.29) is 24.2 Å². The Balaban J connectivity index is 1.85. The number of aryl methyl sites for hydroxylation is 1. The minimum Gasteiger partial charge on any atom is -0.481 e. The number of thioether (sulfide) groups is 1. The van der Waals surface area contributed by atoms with Crippen molar-refractivity contribution in [3.8, 4) is 10.4 Å². The van der Waals surface area contributed by atoms with Gasteiger partial charge in [0.2, 0.25) is 0 Å². The summed E-state index contributed by atoms with van der Waals surface area (Å²) >= 11 is 3.05. The molecule has 1 saturated heterocycles. The van der Waals surface area contributed by atoms with Gasteiger partial charge in [0.25, 0.3) is 5.91 Å². The largest absolute Gasteiger partial charge is 0.481 e. The van der Waals surface area contributed by atoms with Crippen LogP contribution in [0.4, 0.5) is 4.39 Å². The van der Waals surface area contributed by atoms with E-state index in [0.29, 0.717) is 17.2 Å². The smallest absolute Gasteiger partial charge is 0.305 e. The van der Waals surface area contributed by atoms with Crippen LogP contribution in [0.15, 0.2) is 30.3 Å². The molecule has 1 aromatic heterocycles. The van der Waals surface area contributed by atoms with E-state index in [1.807, 2.05) is 13.0 Å². The summed E-state index contributed by atoms with van der Waals surface area (Å²) in [6.45, 7) is 2.48. The van der Waals surface area contributed by atoms with Gasteiger partial charge in [-0.05, 0) is 36.2 Å². The number of halogens is 1. The second-order valence-electron chi connectivity index (χ2n) is 5.95. The van der Waals surface area contributed by atoms with Gasteiger partial charge in [-0.15, -0.1) is 11.3 Å². The zero-order valence-corrected chi connectivity index (χ0v) is 15.3. The van der Waals surface area contributed by atoms with Gasteiger partial charge >= 0.3 is 5.97 Å². The van der Waals surface area contributed by atoms with Gasteiger partial charge in [0.15, 0.2) is 0 Å². The molecular weight excluding hydrogens is 361 g/mol. The first-order valence-electron chi connectivity index (χ1n) is 7.92. The van der Waals surface area contributed by atoms with Crippen LogP contribution in [-0.2, 0) is 4.79 Å². The number of amides is 1. The Kier molecular flexibility index (Phi) is 5.44. The van der Waals surface area contributed by atoms with E-state index in [4.69, 9.17) is 5.11 Å². The van der Waals surface area contributed by atoms with Crippen molar-refractivity contribution < 1.29 is 19.1 Å². The number of hydrogen-bond donors (Lipinski definition) is 1. The van der Waals surface area contributed by atoms with Crippen molar-refractivity contribution in [3.63, 3.8) is 0 Å². The molecule has 7 heteroatoms. The maximum absolute atomic E-state index is 13.1. The second kappa shape index (κ2) is 7.58. The number of benzene rings is 1. The summed E-state index contributed by atoms with van der Waals surface area (Å²) in [6.07, 6.45) is -0.0338. The number of carboxylic acids is 1. The Hall–Kier alpha value is -1.86. The average molecular weight is 379 g/mol. The molecule has 2 heterocycles. The molecule has 0 bridgehead atoms. The van der Waals surface area contributed by atoms with Gasteiger partial charge in [-0.3, -0.25) is 9.59 Å². The monoisotopic (exact) mass is 379 g/mol. The van der Waals surface area contributed by atoms with Crippen molar-refractivity contribution in [2.75, 3.05) is 18.1 Å². The van der Waals surface area contributed by atoms with Crippen molar-refractivity contribution in [1.29, 1.82) is 0 Å². The first kappa shape index (κ1) is 17.9. The highest BCUT2D eigenvalue weighted by atomic mass is 32.2. The molecule has 0 spiro atoms. The maximum Gasteiger partial charge on any atom is 0.305 e. The number of nitrogens with zero attached hydrogens (tertiary/aromatic N) is 1. The predicted octanol–water partition coefficient (Wildman–Crippen LogP) is 3.89. The van der Waals surface area contributed by atoms with Crippen LogP contribution in [0, 0.1) is 12.7 Å². The number of carboxylic acid groups (broad SMARTS) is 1. The summed E-state index contributed by atoms with van der Waals surface area (Å²) in [5, 5.41) is 9.08. The Morgan fingerprint density at radius 3 is 2.72 bits per heavy atom. The molecule has 1 fully saturated rings. The molecule has 0 saturated carbocycles. The molecule has 1 N–H and O–H groups in total. The van der Waals surface area contributed by atoms with E-state index in [9.17, 15) is 14.0 Å². The molecule has 1 amide bonds. The van der Waals surface area contributed by atoms with E-state index in [2.05, 4.69) is 0 Å². The minimum atomic E-state index is -0.889. The number of thiophene rings is 1. The molecule has 0 aliphatic carbocycles. The van der Waals surface area contributed by atoms with Gasteiger partial charge in [0.05, 0.1) is 17.3 Å². The molecule has 132 valence electrons. The number of carbonyl (C=O) groups is 2. The number of carbonyl (C=O) groups excluding carboxylic acids is 1.